The summed E-state index contributed by atoms with van der Waals surface area (Å²) in [5, 5.41) is 10.3. The van der Waals surface area contributed by atoms with Crippen LogP contribution in [0.3, 0.4) is 0 Å². The van der Waals surface area contributed by atoms with E-state index in [-0.39, 0.29) is 17.9 Å². The minimum atomic E-state index is 0.0552. The third kappa shape index (κ3) is 4.88. The molecule has 0 saturated heterocycles. The van der Waals surface area contributed by atoms with Gasteiger partial charge in [0.2, 0.25) is 0 Å². The number of rotatable bonds is 6. The number of halogens is 1. The molecule has 0 aliphatic heterocycles. The molecule has 96 valence electrons. The van der Waals surface area contributed by atoms with E-state index in [0.717, 1.165) is 17.0 Å². The molecule has 4 heteroatoms. The van der Waals surface area contributed by atoms with Crippen molar-refractivity contribution >= 4 is 23.4 Å². The molecule has 0 heterocycles. The zero-order valence-corrected chi connectivity index (χ0v) is 11.8. The van der Waals surface area contributed by atoms with E-state index in [1.807, 2.05) is 25.1 Å². The van der Waals surface area contributed by atoms with Gasteiger partial charge >= 0.3 is 0 Å². The highest BCUT2D eigenvalue weighted by Gasteiger charge is 2.19. The summed E-state index contributed by atoms with van der Waals surface area (Å²) in [4.78, 5) is 0. The second-order valence-corrected chi connectivity index (χ2v) is 6.31. The Morgan fingerprint density at radius 3 is 2.65 bits per heavy atom. The van der Waals surface area contributed by atoms with E-state index in [1.54, 1.807) is 11.8 Å². The predicted molar refractivity (Wildman–Crippen MR) is 76.6 cm³/mol. The molecule has 0 aliphatic rings. The Morgan fingerprint density at radius 2 is 2.12 bits per heavy atom. The molecular formula is C13H20ClNOS. The van der Waals surface area contributed by atoms with Crippen LogP contribution < -0.4 is 5.73 Å². The molecule has 0 aliphatic carbocycles. The molecule has 0 aromatic heterocycles. The van der Waals surface area contributed by atoms with E-state index in [0.29, 0.717) is 5.25 Å². The van der Waals surface area contributed by atoms with Crippen LogP contribution in [0.1, 0.15) is 31.1 Å². The lowest BCUT2D eigenvalue weighted by molar-refractivity contribution is 0.288. The second kappa shape index (κ2) is 7.27. The summed E-state index contributed by atoms with van der Waals surface area (Å²) in [5.41, 5.74) is 7.19. The van der Waals surface area contributed by atoms with Crippen molar-refractivity contribution in [2.24, 2.45) is 5.73 Å². The first-order chi connectivity index (χ1) is 8.04. The van der Waals surface area contributed by atoms with E-state index in [1.165, 1.54) is 0 Å². The van der Waals surface area contributed by atoms with Crippen molar-refractivity contribution in [2.75, 3.05) is 6.61 Å². The fourth-order valence-corrected chi connectivity index (χ4v) is 3.18. The summed E-state index contributed by atoms with van der Waals surface area (Å²) in [6.07, 6.45) is 0.786. The molecule has 1 aromatic rings. The Morgan fingerprint density at radius 1 is 1.41 bits per heavy atom. The van der Waals surface area contributed by atoms with Gasteiger partial charge in [-0.2, -0.15) is 0 Å². The van der Waals surface area contributed by atoms with Gasteiger partial charge in [-0.25, -0.2) is 0 Å². The van der Waals surface area contributed by atoms with Crippen LogP contribution in [0.15, 0.2) is 24.3 Å². The zero-order chi connectivity index (χ0) is 12.8. The number of thioether (sulfide) groups is 1. The van der Waals surface area contributed by atoms with Crippen molar-refractivity contribution in [3.05, 3.63) is 34.9 Å². The Hall–Kier alpha value is -0.220. The predicted octanol–water partition coefficient (Wildman–Crippen LogP) is 3.23. The molecule has 0 bridgehead atoms. The van der Waals surface area contributed by atoms with E-state index in [2.05, 4.69) is 13.0 Å². The maximum Gasteiger partial charge on any atom is 0.0448 e. The normalized spacial score (nSPS) is 16.5. The van der Waals surface area contributed by atoms with E-state index in [4.69, 9.17) is 22.4 Å². The van der Waals surface area contributed by atoms with Gasteiger partial charge in [-0.1, -0.05) is 30.7 Å². The van der Waals surface area contributed by atoms with Crippen LogP contribution in [-0.2, 0) is 0 Å². The summed E-state index contributed by atoms with van der Waals surface area (Å²) >= 11 is 7.80. The van der Waals surface area contributed by atoms with Gasteiger partial charge in [0.15, 0.2) is 0 Å². The van der Waals surface area contributed by atoms with Crippen molar-refractivity contribution in [1.29, 1.82) is 0 Å². The number of nitrogens with two attached hydrogens (primary N) is 1. The molecule has 0 amide bonds. The summed E-state index contributed by atoms with van der Waals surface area (Å²) < 4.78 is 0. The summed E-state index contributed by atoms with van der Waals surface area (Å²) in [7, 11) is 0. The number of hydrogen-bond acceptors (Lipinski definition) is 3. The number of aliphatic hydroxyl groups is 1. The lowest BCUT2D eigenvalue weighted by atomic mass is 10.1. The fraction of sp³-hybridized carbons (Fsp3) is 0.538. The Balaban J connectivity index is 2.79. The van der Waals surface area contributed by atoms with Crippen LogP contribution in [0.2, 0.25) is 5.02 Å². The molecule has 3 unspecified atom stereocenters. The monoisotopic (exact) mass is 273 g/mol. The van der Waals surface area contributed by atoms with Crippen molar-refractivity contribution < 1.29 is 5.11 Å². The molecule has 1 rings (SSSR count). The van der Waals surface area contributed by atoms with Gasteiger partial charge in [0, 0.05) is 28.2 Å². The highest BCUT2D eigenvalue weighted by atomic mass is 35.5. The second-order valence-electron chi connectivity index (χ2n) is 4.29. The zero-order valence-electron chi connectivity index (χ0n) is 10.3. The summed E-state index contributed by atoms with van der Waals surface area (Å²) in [6, 6.07) is 7.89. The molecule has 3 N–H and O–H groups in total. The van der Waals surface area contributed by atoms with Crippen LogP contribution in [0, 0.1) is 0 Å². The SMILES string of the molecule is CC(CCO)SC(c1cccc(Cl)c1)C(C)N. The van der Waals surface area contributed by atoms with Gasteiger partial charge in [0.25, 0.3) is 0 Å². The highest BCUT2D eigenvalue weighted by Crippen LogP contribution is 2.36. The number of benzene rings is 1. The van der Waals surface area contributed by atoms with E-state index < -0.39 is 0 Å². The average Bonchev–Trinajstić information content (AvgIpc) is 2.26. The Bertz CT molecular complexity index is 346. The van der Waals surface area contributed by atoms with Crippen LogP contribution in [0.25, 0.3) is 0 Å². The van der Waals surface area contributed by atoms with Crippen molar-refractivity contribution in [3.63, 3.8) is 0 Å². The van der Waals surface area contributed by atoms with E-state index in [9.17, 15) is 0 Å². The highest BCUT2D eigenvalue weighted by molar-refractivity contribution is 8.00. The molecule has 0 radical (unpaired) electrons. The number of hydrogen-bond donors (Lipinski definition) is 2. The molecule has 3 atom stereocenters. The largest absolute Gasteiger partial charge is 0.396 e. The van der Waals surface area contributed by atoms with Crippen LogP contribution in [0.4, 0.5) is 0 Å². The maximum atomic E-state index is 8.94. The van der Waals surface area contributed by atoms with Gasteiger partial charge in [-0.15, -0.1) is 11.8 Å². The minimum Gasteiger partial charge on any atom is -0.396 e. The number of aliphatic hydroxyl groups excluding tert-OH is 1. The molecule has 1 aromatic carbocycles. The van der Waals surface area contributed by atoms with Crippen LogP contribution in [0.5, 0.6) is 0 Å². The van der Waals surface area contributed by atoms with Gasteiger partial charge in [-0.05, 0) is 31.0 Å². The molecule has 0 spiro atoms. The first kappa shape index (κ1) is 14.8. The smallest absolute Gasteiger partial charge is 0.0448 e. The lowest BCUT2D eigenvalue weighted by Gasteiger charge is -2.24. The van der Waals surface area contributed by atoms with Crippen molar-refractivity contribution in [2.45, 2.75) is 36.8 Å². The van der Waals surface area contributed by atoms with Gasteiger partial charge in [-0.3, -0.25) is 0 Å². The summed E-state index contributed by atoms with van der Waals surface area (Å²) in [6.45, 7) is 4.33. The Kier molecular flexibility index (Phi) is 6.34. The molecule has 0 fully saturated rings. The van der Waals surface area contributed by atoms with Gasteiger partial charge < -0.3 is 10.8 Å². The maximum absolute atomic E-state index is 8.94. The first-order valence-corrected chi connectivity index (χ1v) is 7.14. The van der Waals surface area contributed by atoms with E-state index >= 15 is 0 Å². The van der Waals surface area contributed by atoms with Crippen LogP contribution >= 0.6 is 23.4 Å². The Labute approximate surface area is 113 Å². The van der Waals surface area contributed by atoms with Crippen molar-refractivity contribution in [3.8, 4) is 0 Å². The quantitative estimate of drug-likeness (QED) is 0.837. The van der Waals surface area contributed by atoms with Gasteiger partial charge in [0.1, 0.15) is 0 Å². The summed E-state index contributed by atoms with van der Waals surface area (Å²) in [5.74, 6) is 0. The van der Waals surface area contributed by atoms with Crippen molar-refractivity contribution in [1.82, 2.24) is 0 Å². The van der Waals surface area contributed by atoms with Crippen LogP contribution in [-0.4, -0.2) is 23.0 Å². The third-order valence-corrected chi connectivity index (χ3v) is 4.50. The molecule has 17 heavy (non-hydrogen) atoms. The molecule has 2 nitrogen and oxygen atoms in total. The first-order valence-electron chi connectivity index (χ1n) is 5.82. The lowest BCUT2D eigenvalue weighted by Crippen LogP contribution is -2.24. The van der Waals surface area contributed by atoms with Gasteiger partial charge in [0.05, 0.1) is 0 Å². The molecular weight excluding hydrogens is 254 g/mol. The molecule has 0 saturated carbocycles. The topological polar surface area (TPSA) is 46.2 Å². The minimum absolute atomic E-state index is 0.0552. The average molecular weight is 274 g/mol. The standard InChI is InChI=1S/C13H20ClNOS/c1-9(6-7-16)17-13(10(2)15)11-4-3-5-12(14)8-11/h3-5,8-10,13,16H,6-7,15H2,1-2H3. The fourth-order valence-electron chi connectivity index (χ4n) is 1.69. The third-order valence-electron chi connectivity index (χ3n) is 2.57.